The minimum Gasteiger partial charge on any atom is -0.449 e. The maximum atomic E-state index is 6.95. The van der Waals surface area contributed by atoms with Crippen LogP contribution in [0.4, 0.5) is 0 Å². The summed E-state index contributed by atoms with van der Waals surface area (Å²) in [5, 5.41) is 2.50. The van der Waals surface area contributed by atoms with Crippen molar-refractivity contribution in [3.05, 3.63) is 163 Å². The highest BCUT2D eigenvalue weighted by Crippen LogP contribution is 2.59. The summed E-state index contributed by atoms with van der Waals surface area (Å²) in [6.45, 7) is 4.55. The summed E-state index contributed by atoms with van der Waals surface area (Å²) < 4.78 is 16.0. The first-order valence-electron chi connectivity index (χ1n) is 18.1. The summed E-state index contributed by atoms with van der Waals surface area (Å²) in [4.78, 5) is 15.2. The third-order valence-corrected chi connectivity index (χ3v) is 11.9. The fraction of sp³-hybridized carbons (Fsp3) is 0.0625. The lowest BCUT2D eigenvalue weighted by molar-refractivity contribution is 0.361. The minimum absolute atomic E-state index is 0.149. The van der Waals surface area contributed by atoms with Crippen molar-refractivity contribution in [1.82, 2.24) is 15.0 Å². The Morgan fingerprint density at radius 3 is 1.96 bits per heavy atom. The van der Waals surface area contributed by atoms with Crippen molar-refractivity contribution in [2.45, 2.75) is 19.3 Å². The smallest absolute Gasteiger partial charge is 0.178 e. The fourth-order valence-corrected chi connectivity index (χ4v) is 9.26. The van der Waals surface area contributed by atoms with Gasteiger partial charge in [0.15, 0.2) is 40.5 Å². The van der Waals surface area contributed by atoms with E-state index in [0.717, 1.165) is 44.9 Å². The van der Waals surface area contributed by atoms with Crippen LogP contribution in [0.25, 0.3) is 76.6 Å². The number of hydrogen-bond acceptors (Lipinski definition) is 6. The van der Waals surface area contributed by atoms with Crippen LogP contribution in [0.5, 0.6) is 23.0 Å². The van der Waals surface area contributed by atoms with E-state index in [1.807, 2.05) is 54.6 Å². The minimum atomic E-state index is -0.149. The van der Waals surface area contributed by atoms with Gasteiger partial charge in [0.25, 0.3) is 0 Å². The van der Waals surface area contributed by atoms with Crippen LogP contribution in [0.15, 0.2) is 152 Å². The molecule has 0 amide bonds. The van der Waals surface area contributed by atoms with Crippen LogP contribution >= 0.6 is 11.3 Å². The van der Waals surface area contributed by atoms with Gasteiger partial charge in [-0.1, -0.05) is 135 Å². The van der Waals surface area contributed by atoms with Crippen LogP contribution in [0, 0.1) is 0 Å². The van der Waals surface area contributed by atoms with Crippen molar-refractivity contribution in [3.63, 3.8) is 0 Å². The second kappa shape index (κ2) is 11.7. The Morgan fingerprint density at radius 1 is 0.444 bits per heavy atom. The number of ether oxygens (including phenoxy) is 2. The molecule has 7 aromatic carbocycles. The molecule has 0 atom stereocenters. The van der Waals surface area contributed by atoms with Gasteiger partial charge < -0.3 is 9.47 Å². The van der Waals surface area contributed by atoms with Crippen molar-refractivity contribution in [3.8, 4) is 79.4 Å². The van der Waals surface area contributed by atoms with Crippen molar-refractivity contribution in [2.75, 3.05) is 0 Å². The number of aromatic nitrogens is 3. The molecule has 3 heterocycles. The quantitative estimate of drug-likeness (QED) is 0.182. The summed E-state index contributed by atoms with van der Waals surface area (Å²) in [5.74, 6) is 4.70. The second-order valence-electron chi connectivity index (χ2n) is 14.4. The number of hydrogen-bond donors (Lipinski definition) is 0. The Hall–Kier alpha value is -6.63. The number of fused-ring (bicyclic) bond motifs is 9. The molecule has 2 aliphatic rings. The van der Waals surface area contributed by atoms with Crippen LogP contribution in [-0.4, -0.2) is 15.0 Å². The SMILES string of the molecule is CC1(C)c2ccccc2-c2c1ccc1c2Oc2c(cccc2-c2cccc(-c3nc(-c4ccccc4)nc(-c4ccc5c(c4)sc4ccccc45)n3)c2)O1. The van der Waals surface area contributed by atoms with Gasteiger partial charge in [0.05, 0.1) is 0 Å². The molecule has 0 radical (unpaired) electrons. The normalized spacial score (nSPS) is 13.4. The van der Waals surface area contributed by atoms with Crippen molar-refractivity contribution in [1.29, 1.82) is 0 Å². The van der Waals surface area contributed by atoms with E-state index in [1.165, 1.54) is 36.9 Å². The molecule has 9 aromatic rings. The van der Waals surface area contributed by atoms with E-state index in [9.17, 15) is 0 Å². The topological polar surface area (TPSA) is 57.1 Å². The Labute approximate surface area is 316 Å². The third-order valence-electron chi connectivity index (χ3n) is 10.8. The first-order chi connectivity index (χ1) is 26.5. The standard InChI is InChI=1S/C48H31N3O2S/c1-48(2)36-19-8-6-17-35(36)42-37(48)24-25-39-44(42)53-43-32(18-11-20-38(43)52-39)29-14-10-15-30(26-29)46-49-45(28-12-4-3-5-13-28)50-47(51-46)31-22-23-34-33-16-7-9-21-40(33)54-41(34)27-31/h3-27H,1-2H3. The van der Waals surface area contributed by atoms with Crippen LogP contribution in [0.1, 0.15) is 25.0 Å². The van der Waals surface area contributed by atoms with E-state index in [4.69, 9.17) is 24.4 Å². The maximum Gasteiger partial charge on any atom is 0.178 e. The van der Waals surface area contributed by atoms with Gasteiger partial charge in [-0.2, -0.15) is 0 Å². The lowest BCUT2D eigenvalue weighted by Crippen LogP contribution is -2.15. The molecule has 5 nitrogen and oxygen atoms in total. The lowest BCUT2D eigenvalue weighted by Gasteiger charge is -2.26. The molecular formula is C48H31N3O2S. The van der Waals surface area contributed by atoms with Gasteiger partial charge in [-0.05, 0) is 52.6 Å². The molecule has 0 saturated heterocycles. The highest BCUT2D eigenvalue weighted by Gasteiger charge is 2.39. The number of rotatable bonds is 4. The number of benzene rings is 7. The zero-order valence-corrected chi connectivity index (χ0v) is 30.3. The maximum absolute atomic E-state index is 6.95. The second-order valence-corrected chi connectivity index (χ2v) is 15.5. The summed E-state index contributed by atoms with van der Waals surface area (Å²) in [6, 6.07) is 52.4. The van der Waals surface area contributed by atoms with E-state index in [0.29, 0.717) is 29.0 Å². The predicted molar refractivity (Wildman–Crippen MR) is 219 cm³/mol. The average molecular weight is 714 g/mol. The molecule has 0 N–H and O–H groups in total. The van der Waals surface area contributed by atoms with Gasteiger partial charge in [-0.3, -0.25) is 0 Å². The van der Waals surface area contributed by atoms with Crippen LogP contribution in [0.3, 0.4) is 0 Å². The third kappa shape index (κ3) is 4.73. The number of nitrogens with zero attached hydrogens (tertiary/aromatic N) is 3. The lowest BCUT2D eigenvalue weighted by atomic mass is 9.82. The number of thiophene rings is 1. The molecule has 2 aromatic heterocycles. The monoisotopic (exact) mass is 713 g/mol. The first-order valence-corrected chi connectivity index (χ1v) is 18.9. The van der Waals surface area contributed by atoms with Gasteiger partial charge in [0.1, 0.15) is 0 Å². The summed E-state index contributed by atoms with van der Waals surface area (Å²) in [7, 11) is 0. The molecule has 0 bridgehead atoms. The molecule has 1 aliphatic heterocycles. The predicted octanol–water partition coefficient (Wildman–Crippen LogP) is 13.1. The van der Waals surface area contributed by atoms with Gasteiger partial charge in [-0.15, -0.1) is 11.3 Å². The molecule has 1 aliphatic carbocycles. The zero-order valence-electron chi connectivity index (χ0n) is 29.5. The van der Waals surface area contributed by atoms with Gasteiger partial charge in [0.2, 0.25) is 0 Å². The average Bonchev–Trinajstić information content (AvgIpc) is 3.71. The molecule has 54 heavy (non-hydrogen) atoms. The highest BCUT2D eigenvalue weighted by atomic mass is 32.1. The van der Waals surface area contributed by atoms with Gasteiger partial charge in [-0.25, -0.2) is 15.0 Å². The van der Waals surface area contributed by atoms with E-state index < -0.39 is 0 Å². The zero-order chi connectivity index (χ0) is 36.0. The summed E-state index contributed by atoms with van der Waals surface area (Å²) in [6.07, 6.45) is 0. The van der Waals surface area contributed by atoms with Crippen molar-refractivity contribution in [2.24, 2.45) is 0 Å². The van der Waals surface area contributed by atoms with E-state index in [-0.39, 0.29) is 5.41 Å². The van der Waals surface area contributed by atoms with Crippen LogP contribution in [0.2, 0.25) is 0 Å². The Kier molecular flexibility index (Phi) is 6.70. The van der Waals surface area contributed by atoms with Crippen molar-refractivity contribution >= 4 is 31.5 Å². The van der Waals surface area contributed by atoms with Crippen LogP contribution < -0.4 is 9.47 Å². The molecule has 6 heteroatoms. The Morgan fingerprint density at radius 2 is 1.09 bits per heavy atom. The van der Waals surface area contributed by atoms with Crippen molar-refractivity contribution < 1.29 is 9.47 Å². The molecule has 256 valence electrons. The van der Waals surface area contributed by atoms with Gasteiger partial charge >= 0.3 is 0 Å². The Bertz CT molecular complexity index is 2990. The first kappa shape index (κ1) is 30.9. The summed E-state index contributed by atoms with van der Waals surface area (Å²) in [5.41, 5.74) is 9.32. The summed E-state index contributed by atoms with van der Waals surface area (Å²) >= 11 is 1.79. The molecule has 0 unspecified atom stereocenters. The molecule has 0 fully saturated rings. The van der Waals surface area contributed by atoms with Gasteiger partial charge in [0, 0.05) is 53.4 Å². The molecule has 0 saturated carbocycles. The number of para-hydroxylation sites is 1. The molecular weight excluding hydrogens is 683 g/mol. The van der Waals surface area contributed by atoms with E-state index in [2.05, 4.69) is 111 Å². The largest absolute Gasteiger partial charge is 0.449 e. The van der Waals surface area contributed by atoms with Crippen LogP contribution in [-0.2, 0) is 5.41 Å². The van der Waals surface area contributed by atoms with E-state index >= 15 is 0 Å². The Balaban J connectivity index is 1.03. The molecule has 0 spiro atoms. The highest BCUT2D eigenvalue weighted by molar-refractivity contribution is 7.25. The fourth-order valence-electron chi connectivity index (χ4n) is 8.12. The van der Waals surface area contributed by atoms with E-state index in [1.54, 1.807) is 11.3 Å². The molecule has 11 rings (SSSR count).